The molecule has 2 aromatic carbocycles. The van der Waals surface area contributed by atoms with E-state index in [4.69, 9.17) is 4.74 Å². The molecule has 2 aliphatic heterocycles. The Hall–Kier alpha value is -4.21. The van der Waals surface area contributed by atoms with Crippen LogP contribution in [0.1, 0.15) is 0 Å². The van der Waals surface area contributed by atoms with Gasteiger partial charge in [-0.05, 0) is 36.4 Å². The molecule has 0 saturated carbocycles. The fourth-order valence-electron chi connectivity index (χ4n) is 3.28. The first kappa shape index (κ1) is 19.1. The van der Waals surface area contributed by atoms with Crippen molar-refractivity contribution < 1.29 is 28.7 Å². The fraction of sp³-hybridized carbons (Fsp3) is 0.150. The van der Waals surface area contributed by atoms with Gasteiger partial charge in [0.1, 0.15) is 18.8 Å². The highest BCUT2D eigenvalue weighted by Crippen LogP contribution is 2.30. The maximum Gasteiger partial charge on any atom is 0.339 e. The van der Waals surface area contributed by atoms with E-state index in [1.54, 1.807) is 24.3 Å². The maximum atomic E-state index is 12.8. The highest BCUT2D eigenvalue weighted by atomic mass is 16.5. The van der Waals surface area contributed by atoms with E-state index in [0.717, 1.165) is 0 Å². The summed E-state index contributed by atoms with van der Waals surface area (Å²) in [5, 5.41) is 2.65. The molecule has 0 atom stereocenters. The van der Waals surface area contributed by atoms with Crippen molar-refractivity contribution in [2.45, 2.75) is 0 Å². The SMILES string of the molecule is COc1ccc(N2C(=O)C(=O)N(CC(=O)N3CC(=O)Nc4ccccc43)C2=O)cc1. The predicted octanol–water partition coefficient (Wildman–Crippen LogP) is 0.976. The smallest absolute Gasteiger partial charge is 0.339 e. The van der Waals surface area contributed by atoms with Crippen molar-refractivity contribution in [1.82, 2.24) is 4.90 Å². The molecular formula is C20H16N4O6. The number of benzene rings is 2. The van der Waals surface area contributed by atoms with Gasteiger partial charge in [0.05, 0.1) is 24.2 Å². The number of imide groups is 2. The summed E-state index contributed by atoms with van der Waals surface area (Å²) in [6.07, 6.45) is 0. The maximum absolute atomic E-state index is 12.8. The number of carbonyl (C=O) groups excluding carboxylic acids is 5. The Labute approximate surface area is 170 Å². The third-order valence-corrected chi connectivity index (χ3v) is 4.75. The van der Waals surface area contributed by atoms with Crippen molar-refractivity contribution in [2.75, 3.05) is 35.3 Å². The summed E-state index contributed by atoms with van der Waals surface area (Å²) in [7, 11) is 1.47. The van der Waals surface area contributed by atoms with Crippen LogP contribution in [0.4, 0.5) is 21.9 Å². The third-order valence-electron chi connectivity index (χ3n) is 4.75. The summed E-state index contributed by atoms with van der Waals surface area (Å²) in [4.78, 5) is 64.7. The lowest BCUT2D eigenvalue weighted by Gasteiger charge is -2.30. The Morgan fingerprint density at radius 1 is 1.00 bits per heavy atom. The summed E-state index contributed by atoms with van der Waals surface area (Å²) in [5.74, 6) is -2.73. The molecular weight excluding hydrogens is 392 g/mol. The lowest BCUT2D eigenvalue weighted by atomic mass is 10.2. The van der Waals surface area contributed by atoms with Gasteiger partial charge in [-0.3, -0.25) is 24.1 Å². The molecule has 0 radical (unpaired) electrons. The first-order valence-electron chi connectivity index (χ1n) is 8.94. The highest BCUT2D eigenvalue weighted by Gasteiger charge is 2.46. The Bertz CT molecular complexity index is 1080. The largest absolute Gasteiger partial charge is 0.497 e. The standard InChI is InChI=1S/C20H16N4O6/c1-30-13-8-6-12(7-9-13)24-19(28)18(27)23(20(24)29)11-17(26)22-10-16(25)21-14-4-2-3-5-15(14)22/h2-9H,10-11H2,1H3,(H,21,25). The van der Waals surface area contributed by atoms with Crippen LogP contribution in [-0.4, -0.2) is 54.8 Å². The Morgan fingerprint density at radius 2 is 1.70 bits per heavy atom. The number of nitrogens with zero attached hydrogens (tertiary/aromatic N) is 3. The lowest BCUT2D eigenvalue weighted by Crippen LogP contribution is -2.48. The number of urea groups is 1. The van der Waals surface area contributed by atoms with E-state index in [-0.39, 0.29) is 12.2 Å². The molecule has 1 N–H and O–H groups in total. The van der Waals surface area contributed by atoms with Gasteiger partial charge >= 0.3 is 17.8 Å². The van der Waals surface area contributed by atoms with Crippen LogP contribution in [0.2, 0.25) is 0 Å². The molecule has 0 aliphatic carbocycles. The Balaban J connectivity index is 1.57. The zero-order valence-corrected chi connectivity index (χ0v) is 15.8. The molecule has 1 fully saturated rings. The fourth-order valence-corrected chi connectivity index (χ4v) is 3.28. The molecule has 152 valence electrons. The summed E-state index contributed by atoms with van der Waals surface area (Å²) in [6, 6.07) is 11.7. The van der Waals surface area contributed by atoms with E-state index in [0.29, 0.717) is 26.9 Å². The second-order valence-corrected chi connectivity index (χ2v) is 6.56. The Kier molecular flexibility index (Phi) is 4.66. The number of amides is 6. The number of hydrogen-bond acceptors (Lipinski definition) is 6. The molecule has 30 heavy (non-hydrogen) atoms. The van der Waals surface area contributed by atoms with Crippen molar-refractivity contribution in [2.24, 2.45) is 0 Å². The molecule has 2 aliphatic rings. The second kappa shape index (κ2) is 7.32. The average Bonchev–Trinajstić information content (AvgIpc) is 2.96. The normalized spacial score (nSPS) is 16.0. The van der Waals surface area contributed by atoms with E-state index < -0.39 is 36.2 Å². The highest BCUT2D eigenvalue weighted by molar-refractivity contribution is 6.53. The van der Waals surface area contributed by atoms with Crippen molar-refractivity contribution in [1.29, 1.82) is 0 Å². The molecule has 6 amide bonds. The number of anilines is 3. The lowest BCUT2D eigenvalue weighted by molar-refractivity contribution is -0.140. The summed E-state index contributed by atoms with van der Waals surface area (Å²) in [6.45, 7) is -0.931. The number of hydrogen-bond donors (Lipinski definition) is 1. The average molecular weight is 408 g/mol. The van der Waals surface area contributed by atoms with E-state index in [9.17, 15) is 24.0 Å². The minimum absolute atomic E-state index is 0.178. The molecule has 0 aromatic heterocycles. The van der Waals surface area contributed by atoms with Crippen LogP contribution in [0.15, 0.2) is 48.5 Å². The van der Waals surface area contributed by atoms with Gasteiger partial charge in [0.25, 0.3) is 0 Å². The number of para-hydroxylation sites is 2. The van der Waals surface area contributed by atoms with E-state index in [1.807, 2.05) is 0 Å². The molecule has 2 aromatic rings. The molecule has 2 heterocycles. The first-order valence-corrected chi connectivity index (χ1v) is 8.94. The van der Waals surface area contributed by atoms with E-state index in [2.05, 4.69) is 5.32 Å². The minimum Gasteiger partial charge on any atom is -0.497 e. The van der Waals surface area contributed by atoms with Gasteiger partial charge in [-0.15, -0.1) is 0 Å². The molecule has 1 saturated heterocycles. The van der Waals surface area contributed by atoms with Crippen LogP contribution < -0.4 is 19.9 Å². The number of fused-ring (bicyclic) bond motifs is 1. The van der Waals surface area contributed by atoms with Crippen LogP contribution in [0.3, 0.4) is 0 Å². The molecule has 10 heteroatoms. The van der Waals surface area contributed by atoms with Crippen molar-refractivity contribution in [3.63, 3.8) is 0 Å². The van der Waals surface area contributed by atoms with Crippen molar-refractivity contribution >= 4 is 46.7 Å². The number of carbonyl (C=O) groups is 5. The first-order chi connectivity index (χ1) is 14.4. The zero-order valence-electron chi connectivity index (χ0n) is 15.8. The molecule has 0 spiro atoms. The monoisotopic (exact) mass is 408 g/mol. The van der Waals surface area contributed by atoms with Crippen LogP contribution in [-0.2, 0) is 19.2 Å². The summed E-state index contributed by atoms with van der Waals surface area (Å²) >= 11 is 0. The number of nitrogens with one attached hydrogen (secondary N) is 1. The molecule has 0 bridgehead atoms. The Morgan fingerprint density at radius 3 is 2.40 bits per heavy atom. The molecule has 4 rings (SSSR count). The van der Waals surface area contributed by atoms with E-state index in [1.165, 1.54) is 36.3 Å². The number of rotatable bonds is 4. The molecule has 0 unspecified atom stereocenters. The van der Waals surface area contributed by atoms with Gasteiger partial charge < -0.3 is 10.1 Å². The van der Waals surface area contributed by atoms with Gasteiger partial charge in [0.15, 0.2) is 0 Å². The van der Waals surface area contributed by atoms with Crippen LogP contribution in [0.25, 0.3) is 0 Å². The minimum atomic E-state index is -1.11. The predicted molar refractivity (Wildman–Crippen MR) is 105 cm³/mol. The second-order valence-electron chi connectivity index (χ2n) is 6.56. The number of methoxy groups -OCH3 is 1. The summed E-state index contributed by atoms with van der Waals surface area (Å²) in [5.41, 5.74) is 1.06. The van der Waals surface area contributed by atoms with Gasteiger partial charge in [0, 0.05) is 0 Å². The van der Waals surface area contributed by atoms with Gasteiger partial charge in [-0.25, -0.2) is 14.6 Å². The summed E-state index contributed by atoms with van der Waals surface area (Å²) < 4.78 is 5.04. The van der Waals surface area contributed by atoms with Gasteiger partial charge in [0.2, 0.25) is 11.8 Å². The quantitative estimate of drug-likeness (QED) is 0.595. The van der Waals surface area contributed by atoms with Gasteiger partial charge in [-0.1, -0.05) is 12.1 Å². The number of ether oxygens (including phenoxy) is 1. The van der Waals surface area contributed by atoms with Crippen molar-refractivity contribution in [3.8, 4) is 5.75 Å². The van der Waals surface area contributed by atoms with Crippen LogP contribution >= 0.6 is 0 Å². The van der Waals surface area contributed by atoms with Gasteiger partial charge in [-0.2, -0.15) is 0 Å². The topological polar surface area (TPSA) is 116 Å². The molecule has 10 nitrogen and oxygen atoms in total. The van der Waals surface area contributed by atoms with Crippen molar-refractivity contribution in [3.05, 3.63) is 48.5 Å². The zero-order chi connectivity index (χ0) is 21.4. The van der Waals surface area contributed by atoms with E-state index >= 15 is 0 Å². The van der Waals surface area contributed by atoms with Crippen LogP contribution in [0, 0.1) is 0 Å². The third kappa shape index (κ3) is 3.13. The van der Waals surface area contributed by atoms with Crippen LogP contribution in [0.5, 0.6) is 5.75 Å².